The number of carboxylic acids is 1. The highest BCUT2D eigenvalue weighted by molar-refractivity contribution is 7.89. The first-order valence-electron chi connectivity index (χ1n) is 5.91. The molecule has 1 aromatic carbocycles. The fourth-order valence-corrected chi connectivity index (χ4v) is 2.75. The van der Waals surface area contributed by atoms with Gasteiger partial charge >= 0.3 is 5.97 Å². The van der Waals surface area contributed by atoms with Crippen LogP contribution in [0.25, 0.3) is 0 Å². The molecular weight excluding hydrogens is 311 g/mol. The van der Waals surface area contributed by atoms with Crippen LogP contribution >= 0.6 is 0 Å². The standard InChI is InChI=1S/C12H14F3NO4S/c1-3-12(2,11(17)18)6-16-21(19,20)10-8(14)4-7(13)5-9(10)15/h4-5,16H,3,6H2,1-2H3,(H,17,18). The zero-order chi connectivity index (χ0) is 16.4. The molecule has 1 atom stereocenters. The lowest BCUT2D eigenvalue weighted by Gasteiger charge is -2.23. The second-order valence-electron chi connectivity index (χ2n) is 4.74. The number of carboxylic acid groups (broad SMARTS) is 1. The van der Waals surface area contributed by atoms with E-state index < -0.39 is 50.3 Å². The molecule has 0 aliphatic rings. The van der Waals surface area contributed by atoms with Gasteiger partial charge in [-0.3, -0.25) is 4.79 Å². The number of sulfonamides is 1. The molecule has 0 aromatic heterocycles. The Kier molecular flexibility index (Phi) is 5.00. The Hall–Kier alpha value is -1.61. The van der Waals surface area contributed by atoms with Gasteiger partial charge in [0.1, 0.15) is 17.5 Å². The Morgan fingerprint density at radius 3 is 2.14 bits per heavy atom. The van der Waals surface area contributed by atoms with Crippen molar-refractivity contribution in [3.63, 3.8) is 0 Å². The van der Waals surface area contributed by atoms with E-state index in [1.807, 2.05) is 4.72 Å². The van der Waals surface area contributed by atoms with Gasteiger partial charge in [-0.15, -0.1) is 0 Å². The summed E-state index contributed by atoms with van der Waals surface area (Å²) < 4.78 is 65.2. The lowest BCUT2D eigenvalue weighted by Crippen LogP contribution is -2.41. The van der Waals surface area contributed by atoms with Gasteiger partial charge < -0.3 is 5.11 Å². The zero-order valence-electron chi connectivity index (χ0n) is 11.3. The Bertz CT molecular complexity index is 639. The number of benzene rings is 1. The summed E-state index contributed by atoms with van der Waals surface area (Å²) in [4.78, 5) is 9.71. The highest BCUT2D eigenvalue weighted by Crippen LogP contribution is 2.23. The maximum absolute atomic E-state index is 13.5. The predicted molar refractivity (Wildman–Crippen MR) is 67.5 cm³/mol. The van der Waals surface area contributed by atoms with E-state index in [9.17, 15) is 26.4 Å². The second-order valence-corrected chi connectivity index (χ2v) is 6.45. The Morgan fingerprint density at radius 2 is 1.76 bits per heavy atom. The molecule has 2 N–H and O–H groups in total. The Labute approximate surface area is 119 Å². The van der Waals surface area contributed by atoms with E-state index in [1.54, 1.807) is 0 Å². The summed E-state index contributed by atoms with van der Waals surface area (Å²) in [5.74, 6) is -5.69. The van der Waals surface area contributed by atoms with Gasteiger partial charge in [0.2, 0.25) is 10.0 Å². The molecule has 118 valence electrons. The van der Waals surface area contributed by atoms with Crippen LogP contribution in [-0.4, -0.2) is 26.0 Å². The number of halogens is 3. The van der Waals surface area contributed by atoms with Crippen molar-refractivity contribution < 1.29 is 31.5 Å². The van der Waals surface area contributed by atoms with E-state index in [2.05, 4.69) is 0 Å². The fourth-order valence-electron chi connectivity index (χ4n) is 1.46. The zero-order valence-corrected chi connectivity index (χ0v) is 12.1. The molecule has 1 unspecified atom stereocenters. The van der Waals surface area contributed by atoms with Crippen LogP contribution in [0.2, 0.25) is 0 Å². The average molecular weight is 325 g/mol. The number of rotatable bonds is 6. The van der Waals surface area contributed by atoms with Crippen LogP contribution < -0.4 is 4.72 Å². The summed E-state index contributed by atoms with van der Waals surface area (Å²) >= 11 is 0. The van der Waals surface area contributed by atoms with Gasteiger partial charge in [0.25, 0.3) is 0 Å². The summed E-state index contributed by atoms with van der Waals surface area (Å²) in [6, 6.07) is 0.460. The maximum atomic E-state index is 13.5. The first kappa shape index (κ1) is 17.4. The first-order valence-corrected chi connectivity index (χ1v) is 7.39. The molecular formula is C12H14F3NO4S. The molecule has 21 heavy (non-hydrogen) atoms. The van der Waals surface area contributed by atoms with Crippen LogP contribution in [0.3, 0.4) is 0 Å². The normalized spacial score (nSPS) is 14.7. The van der Waals surface area contributed by atoms with Crippen LogP contribution in [0.5, 0.6) is 0 Å². The van der Waals surface area contributed by atoms with Crippen LogP contribution in [0, 0.1) is 22.9 Å². The van der Waals surface area contributed by atoms with Crippen molar-refractivity contribution in [1.82, 2.24) is 4.72 Å². The molecule has 0 heterocycles. The third kappa shape index (κ3) is 3.73. The highest BCUT2D eigenvalue weighted by atomic mass is 32.2. The smallest absolute Gasteiger partial charge is 0.310 e. The quantitative estimate of drug-likeness (QED) is 0.836. The van der Waals surface area contributed by atoms with Crippen LogP contribution in [-0.2, 0) is 14.8 Å². The van der Waals surface area contributed by atoms with E-state index in [-0.39, 0.29) is 18.6 Å². The molecule has 0 aliphatic carbocycles. The molecule has 1 rings (SSSR count). The van der Waals surface area contributed by atoms with Crippen molar-refractivity contribution >= 4 is 16.0 Å². The van der Waals surface area contributed by atoms with Gasteiger partial charge in [-0.2, -0.15) is 0 Å². The lowest BCUT2D eigenvalue weighted by atomic mass is 9.88. The van der Waals surface area contributed by atoms with Gasteiger partial charge in [0, 0.05) is 18.7 Å². The molecule has 0 bridgehead atoms. The summed E-state index contributed by atoms with van der Waals surface area (Å²) in [6.07, 6.45) is 0.0965. The number of hydrogen-bond donors (Lipinski definition) is 2. The minimum atomic E-state index is -4.65. The van der Waals surface area contributed by atoms with Crippen molar-refractivity contribution in [1.29, 1.82) is 0 Å². The largest absolute Gasteiger partial charge is 0.481 e. The Balaban J connectivity index is 3.12. The minimum absolute atomic E-state index is 0.0965. The summed E-state index contributed by atoms with van der Waals surface area (Å²) in [5.41, 5.74) is -1.43. The molecule has 1 aromatic rings. The number of hydrogen-bond acceptors (Lipinski definition) is 3. The third-order valence-corrected chi connectivity index (χ3v) is 4.63. The van der Waals surface area contributed by atoms with Crippen LogP contribution in [0.4, 0.5) is 13.2 Å². The molecule has 0 amide bonds. The van der Waals surface area contributed by atoms with E-state index in [0.29, 0.717) is 0 Å². The average Bonchev–Trinajstić information content (AvgIpc) is 2.34. The minimum Gasteiger partial charge on any atom is -0.481 e. The van der Waals surface area contributed by atoms with Crippen molar-refractivity contribution in [2.24, 2.45) is 5.41 Å². The van der Waals surface area contributed by atoms with E-state index in [4.69, 9.17) is 5.11 Å². The summed E-state index contributed by atoms with van der Waals surface area (Å²) in [6.45, 7) is 2.26. The molecule has 0 radical (unpaired) electrons. The molecule has 0 aliphatic heterocycles. The molecule has 9 heteroatoms. The van der Waals surface area contributed by atoms with Gasteiger partial charge in [-0.05, 0) is 13.3 Å². The van der Waals surface area contributed by atoms with E-state index in [1.165, 1.54) is 13.8 Å². The molecule has 0 saturated carbocycles. The van der Waals surface area contributed by atoms with E-state index >= 15 is 0 Å². The van der Waals surface area contributed by atoms with Crippen molar-refractivity contribution in [2.75, 3.05) is 6.54 Å². The van der Waals surface area contributed by atoms with Crippen molar-refractivity contribution in [3.8, 4) is 0 Å². The summed E-state index contributed by atoms with van der Waals surface area (Å²) in [5, 5.41) is 9.01. The van der Waals surface area contributed by atoms with Crippen LogP contribution in [0.15, 0.2) is 17.0 Å². The predicted octanol–water partition coefficient (Wildman–Crippen LogP) is 1.88. The molecule has 5 nitrogen and oxygen atoms in total. The van der Waals surface area contributed by atoms with Crippen molar-refractivity contribution in [2.45, 2.75) is 25.2 Å². The van der Waals surface area contributed by atoms with Crippen molar-refractivity contribution in [3.05, 3.63) is 29.6 Å². The van der Waals surface area contributed by atoms with Crippen LogP contribution in [0.1, 0.15) is 20.3 Å². The lowest BCUT2D eigenvalue weighted by molar-refractivity contribution is -0.147. The fraction of sp³-hybridized carbons (Fsp3) is 0.417. The third-order valence-electron chi connectivity index (χ3n) is 3.18. The number of aliphatic carboxylic acids is 1. The molecule has 0 spiro atoms. The highest BCUT2D eigenvalue weighted by Gasteiger charge is 2.34. The van der Waals surface area contributed by atoms with E-state index in [0.717, 1.165) is 0 Å². The maximum Gasteiger partial charge on any atom is 0.310 e. The monoisotopic (exact) mass is 325 g/mol. The first-order chi connectivity index (χ1) is 9.53. The topological polar surface area (TPSA) is 83.5 Å². The van der Waals surface area contributed by atoms with Gasteiger partial charge in [-0.25, -0.2) is 26.3 Å². The SMILES string of the molecule is CCC(C)(CNS(=O)(=O)c1c(F)cc(F)cc1F)C(=O)O. The number of carbonyl (C=O) groups is 1. The Morgan fingerprint density at radius 1 is 1.29 bits per heavy atom. The molecule has 0 saturated heterocycles. The summed E-state index contributed by atoms with van der Waals surface area (Å²) in [7, 11) is -4.65. The van der Waals surface area contributed by atoms with Gasteiger partial charge in [0.15, 0.2) is 4.90 Å². The van der Waals surface area contributed by atoms with Gasteiger partial charge in [0.05, 0.1) is 5.41 Å². The number of nitrogens with one attached hydrogen (secondary N) is 1. The van der Waals surface area contributed by atoms with Gasteiger partial charge in [-0.1, -0.05) is 6.92 Å². The molecule has 0 fully saturated rings. The second kappa shape index (κ2) is 6.02.